The van der Waals surface area contributed by atoms with Gasteiger partial charge in [0.15, 0.2) is 5.82 Å². The Kier molecular flexibility index (Phi) is 6.30. The number of benzene rings is 3. The molecule has 4 aromatic rings. The maximum absolute atomic E-state index is 5.39. The predicted octanol–water partition coefficient (Wildman–Crippen LogP) is 3.64. The van der Waals surface area contributed by atoms with Crippen molar-refractivity contribution in [3.63, 3.8) is 0 Å². The van der Waals surface area contributed by atoms with Gasteiger partial charge in [-0.2, -0.15) is 0 Å². The number of methoxy groups -OCH3 is 1. The van der Waals surface area contributed by atoms with E-state index in [0.29, 0.717) is 6.54 Å². The van der Waals surface area contributed by atoms with Crippen LogP contribution in [0.5, 0.6) is 5.75 Å². The molecular weight excluding hydrogens is 412 g/mol. The lowest BCUT2D eigenvalue weighted by Crippen LogP contribution is -2.48. The quantitative estimate of drug-likeness (QED) is 0.437. The fourth-order valence-electron chi connectivity index (χ4n) is 4.46. The first-order valence-electron chi connectivity index (χ1n) is 11.3. The third-order valence-electron chi connectivity index (χ3n) is 6.21. The minimum Gasteiger partial charge on any atom is -0.497 e. The highest BCUT2D eigenvalue weighted by Gasteiger charge is 2.30. The number of piperazine rings is 1. The summed E-state index contributed by atoms with van der Waals surface area (Å²) in [6, 6.07) is 29.2. The largest absolute Gasteiger partial charge is 0.497 e. The van der Waals surface area contributed by atoms with Gasteiger partial charge in [0.05, 0.1) is 19.7 Å². The van der Waals surface area contributed by atoms with Crippen molar-refractivity contribution in [2.24, 2.45) is 0 Å². The van der Waals surface area contributed by atoms with E-state index >= 15 is 0 Å². The van der Waals surface area contributed by atoms with Crippen molar-refractivity contribution in [1.29, 1.82) is 0 Å². The van der Waals surface area contributed by atoms with Gasteiger partial charge in [-0.1, -0.05) is 60.7 Å². The molecule has 0 saturated carbocycles. The van der Waals surface area contributed by atoms with E-state index in [1.54, 1.807) is 7.11 Å². The van der Waals surface area contributed by atoms with E-state index in [1.807, 2.05) is 35.0 Å². The predicted molar refractivity (Wildman–Crippen MR) is 128 cm³/mol. The second kappa shape index (κ2) is 9.83. The smallest absolute Gasteiger partial charge is 0.173 e. The Morgan fingerprint density at radius 1 is 0.818 bits per heavy atom. The van der Waals surface area contributed by atoms with Crippen LogP contribution in [0.1, 0.15) is 23.0 Å². The zero-order valence-corrected chi connectivity index (χ0v) is 18.8. The monoisotopic (exact) mass is 440 g/mol. The molecule has 33 heavy (non-hydrogen) atoms. The molecule has 1 atom stereocenters. The number of hydrogen-bond acceptors (Lipinski definition) is 6. The summed E-state index contributed by atoms with van der Waals surface area (Å²) in [5.41, 5.74) is 3.61. The Bertz CT molecular complexity index is 1140. The van der Waals surface area contributed by atoms with Crippen LogP contribution in [0, 0.1) is 0 Å². The summed E-state index contributed by atoms with van der Waals surface area (Å²) in [5.74, 6) is 1.70. The third kappa shape index (κ3) is 4.73. The van der Waals surface area contributed by atoms with Crippen molar-refractivity contribution < 1.29 is 4.74 Å². The number of rotatable bonds is 7. The van der Waals surface area contributed by atoms with Crippen LogP contribution in [0.2, 0.25) is 0 Å². The van der Waals surface area contributed by atoms with Crippen molar-refractivity contribution in [2.75, 3.05) is 38.2 Å². The summed E-state index contributed by atoms with van der Waals surface area (Å²) in [6.07, 6.45) is 0. The van der Waals surface area contributed by atoms with Crippen LogP contribution < -0.4 is 9.64 Å². The number of hydrogen-bond donors (Lipinski definition) is 0. The molecule has 3 aromatic carbocycles. The van der Waals surface area contributed by atoms with Gasteiger partial charge in [0.25, 0.3) is 0 Å². The van der Waals surface area contributed by atoms with Gasteiger partial charge >= 0.3 is 0 Å². The summed E-state index contributed by atoms with van der Waals surface area (Å²) >= 11 is 0. The third-order valence-corrected chi connectivity index (χ3v) is 6.21. The molecular formula is C26H28N6O. The van der Waals surface area contributed by atoms with Gasteiger partial charge in [0.2, 0.25) is 0 Å². The highest BCUT2D eigenvalue weighted by molar-refractivity contribution is 5.46. The molecule has 7 heteroatoms. The van der Waals surface area contributed by atoms with Gasteiger partial charge in [0, 0.05) is 31.9 Å². The number of nitrogens with zero attached hydrogens (tertiary/aromatic N) is 6. The van der Waals surface area contributed by atoms with Crippen LogP contribution in [-0.4, -0.2) is 58.4 Å². The number of aromatic nitrogens is 4. The normalized spacial score (nSPS) is 15.4. The van der Waals surface area contributed by atoms with Gasteiger partial charge in [-0.15, -0.1) is 5.10 Å². The average molecular weight is 441 g/mol. The van der Waals surface area contributed by atoms with Crippen LogP contribution in [0.15, 0.2) is 84.9 Å². The van der Waals surface area contributed by atoms with E-state index in [1.165, 1.54) is 11.3 Å². The molecule has 168 valence electrons. The van der Waals surface area contributed by atoms with Crippen LogP contribution in [0.3, 0.4) is 0 Å². The first-order chi connectivity index (χ1) is 16.3. The molecule has 5 rings (SSSR count). The molecule has 0 bridgehead atoms. The van der Waals surface area contributed by atoms with Crippen molar-refractivity contribution in [2.45, 2.75) is 12.6 Å². The minimum atomic E-state index is -0.0347. The molecule has 0 radical (unpaired) electrons. The topological polar surface area (TPSA) is 59.3 Å². The van der Waals surface area contributed by atoms with Crippen LogP contribution >= 0.6 is 0 Å². The number of ether oxygens (including phenoxy) is 1. The Balaban J connectivity index is 1.43. The molecule has 7 nitrogen and oxygen atoms in total. The molecule has 1 saturated heterocycles. The summed E-state index contributed by atoms with van der Waals surface area (Å²) in [4.78, 5) is 4.92. The van der Waals surface area contributed by atoms with Gasteiger partial charge in [-0.25, -0.2) is 4.68 Å². The van der Waals surface area contributed by atoms with Crippen molar-refractivity contribution in [3.05, 3.63) is 102 Å². The van der Waals surface area contributed by atoms with Crippen LogP contribution in [-0.2, 0) is 6.54 Å². The maximum Gasteiger partial charge on any atom is 0.173 e. The molecule has 0 spiro atoms. The second-order valence-electron chi connectivity index (χ2n) is 8.21. The maximum atomic E-state index is 5.39. The Morgan fingerprint density at radius 2 is 1.48 bits per heavy atom. The van der Waals surface area contributed by atoms with E-state index in [9.17, 15) is 0 Å². The molecule has 1 aliphatic rings. The lowest BCUT2D eigenvalue weighted by Gasteiger charge is -2.40. The van der Waals surface area contributed by atoms with E-state index in [-0.39, 0.29) is 6.04 Å². The first-order valence-corrected chi connectivity index (χ1v) is 11.3. The van der Waals surface area contributed by atoms with Gasteiger partial charge < -0.3 is 9.64 Å². The zero-order chi connectivity index (χ0) is 22.5. The van der Waals surface area contributed by atoms with Crippen molar-refractivity contribution in [3.8, 4) is 5.75 Å². The molecule has 1 fully saturated rings. The van der Waals surface area contributed by atoms with Gasteiger partial charge in [-0.3, -0.25) is 4.90 Å². The fourth-order valence-corrected chi connectivity index (χ4v) is 4.46. The summed E-state index contributed by atoms with van der Waals surface area (Å²) < 4.78 is 7.31. The van der Waals surface area contributed by atoms with Gasteiger partial charge in [0.1, 0.15) is 5.75 Å². The van der Waals surface area contributed by atoms with E-state index < -0.39 is 0 Å². The zero-order valence-electron chi connectivity index (χ0n) is 18.8. The molecule has 0 aliphatic carbocycles. The standard InChI is InChI=1S/C26H28N6O/c1-33-24-14-12-22(13-15-24)25(26-27-28-29-32(26)20-21-8-4-2-5-9-21)31-18-16-30(17-19-31)23-10-6-3-7-11-23/h2-15,25H,16-20H2,1H3/t25-/m1/s1. The summed E-state index contributed by atoms with van der Waals surface area (Å²) in [7, 11) is 1.69. The van der Waals surface area contributed by atoms with Crippen LogP contribution in [0.25, 0.3) is 0 Å². The number of para-hydroxylation sites is 1. The fraction of sp³-hybridized carbons (Fsp3) is 0.269. The number of tetrazole rings is 1. The van der Waals surface area contributed by atoms with Crippen molar-refractivity contribution >= 4 is 5.69 Å². The lowest BCUT2D eigenvalue weighted by atomic mass is 10.0. The van der Waals surface area contributed by atoms with E-state index in [4.69, 9.17) is 4.74 Å². The Morgan fingerprint density at radius 3 is 2.15 bits per heavy atom. The first kappa shape index (κ1) is 21.2. The summed E-state index contributed by atoms with van der Waals surface area (Å²) in [5, 5.41) is 12.9. The highest BCUT2D eigenvalue weighted by atomic mass is 16.5. The second-order valence-corrected chi connectivity index (χ2v) is 8.21. The molecule has 1 aliphatic heterocycles. The molecule has 0 unspecified atom stereocenters. The van der Waals surface area contributed by atoms with E-state index in [0.717, 1.165) is 43.3 Å². The molecule has 0 amide bonds. The Labute approximate surface area is 194 Å². The summed E-state index contributed by atoms with van der Waals surface area (Å²) in [6.45, 7) is 4.39. The van der Waals surface area contributed by atoms with E-state index in [2.05, 4.69) is 79.9 Å². The lowest BCUT2D eigenvalue weighted by molar-refractivity contribution is 0.201. The highest BCUT2D eigenvalue weighted by Crippen LogP contribution is 2.30. The minimum absolute atomic E-state index is 0.0347. The van der Waals surface area contributed by atoms with Crippen LogP contribution in [0.4, 0.5) is 5.69 Å². The van der Waals surface area contributed by atoms with Crippen molar-refractivity contribution in [1.82, 2.24) is 25.1 Å². The average Bonchev–Trinajstić information content (AvgIpc) is 3.33. The SMILES string of the molecule is COc1ccc([C@H](c2nnnn2Cc2ccccc2)N2CCN(c3ccccc3)CC2)cc1. The number of anilines is 1. The molecule has 2 heterocycles. The molecule has 1 aromatic heterocycles. The Hall–Kier alpha value is -3.71. The van der Waals surface area contributed by atoms with Gasteiger partial charge in [-0.05, 0) is 45.8 Å². The molecule has 0 N–H and O–H groups in total.